The minimum atomic E-state index is -3.19. The Bertz CT molecular complexity index is 3540. The minimum absolute atomic E-state index is 0.0907. The number of pyridine rings is 4. The predicted molar refractivity (Wildman–Crippen MR) is 330 cm³/mol. The van der Waals surface area contributed by atoms with E-state index >= 15 is 0 Å². The van der Waals surface area contributed by atoms with Crippen LogP contribution < -0.4 is 21.3 Å². The molecule has 84 heavy (non-hydrogen) atoms. The van der Waals surface area contributed by atoms with Crippen LogP contribution in [0.2, 0.25) is 5.02 Å². The van der Waals surface area contributed by atoms with Crippen molar-refractivity contribution in [1.29, 1.82) is 0 Å². The summed E-state index contributed by atoms with van der Waals surface area (Å²) in [5, 5.41) is 12.7. The van der Waals surface area contributed by atoms with Gasteiger partial charge in [-0.05, 0) is 201 Å². The molecule has 18 heteroatoms. The first-order valence-corrected chi connectivity index (χ1v) is 29.4. The number of carbonyl (C=O) groups excluding carboxylic acids is 4. The number of rotatable bonds is 21. The highest BCUT2D eigenvalue weighted by Crippen LogP contribution is 2.25. The van der Waals surface area contributed by atoms with Gasteiger partial charge in [-0.2, -0.15) is 0 Å². The maximum Gasteiger partial charge on any atom is 0.175 e. The van der Waals surface area contributed by atoms with Gasteiger partial charge in [-0.3, -0.25) is 39.1 Å². The number of carbonyl (C=O) groups is 4. The standard InChI is InChI=1S/C17H19FN2O.C17H20N2O3S.C16H17ClN2O.C16H17FN2O/c1-11-4-6-14(18)9-15(11)16-7-5-13(10-20-16)8-17(19-3)12(2)21;1-12(20)17(18-2)10-13-4-9-16(19-11-13)14-5-7-15(8-6-14)23(3,21)22;1-11(20)16(18-2)8-12-6-7-15(19-10-12)13-4-3-5-14(17)9-13;1-11(20)16(18-2)9-12-3-8-15(19-10-12)13-4-6-14(17)7-5-13/h4-7,9-10,17,19H,8H2,1-3H3;4-9,11,17-18H,10H2,1-3H3;3-7,9-10,16,18H,8H2,1-2H3;3-8,10,16,18H,9H2,1-2H3/t2*17-;2*16-/m0000/s1. The van der Waals surface area contributed by atoms with Gasteiger partial charge in [0.05, 0.1) is 51.8 Å². The molecule has 4 aromatic carbocycles. The number of benzene rings is 4. The fraction of sp³-hybridized carbons (Fsp3) is 0.273. The topological polar surface area (TPSA) is 202 Å². The first-order chi connectivity index (χ1) is 40.0. The SMILES string of the molecule is CN[C@@H](Cc1ccc(-c2cc(F)ccc2C)nc1)C(C)=O.CN[C@@H](Cc1ccc(-c2ccc(F)cc2)nc1)C(C)=O.CN[C@@H](Cc1ccc(-c2ccc(S(C)(=O)=O)cc2)nc1)C(C)=O.CN[C@@H](Cc1ccc(-c2cccc(Cl)c2)nc1)C(C)=O. The van der Waals surface area contributed by atoms with Crippen molar-refractivity contribution in [3.05, 3.63) is 209 Å². The molecule has 4 heterocycles. The number of nitrogens with one attached hydrogen (secondary N) is 4. The van der Waals surface area contributed by atoms with Gasteiger partial charge in [0.25, 0.3) is 0 Å². The third-order valence-electron chi connectivity index (χ3n) is 13.7. The van der Waals surface area contributed by atoms with Crippen LogP contribution in [0.4, 0.5) is 8.78 Å². The summed E-state index contributed by atoms with van der Waals surface area (Å²) in [5.74, 6) is -0.103. The van der Waals surface area contributed by atoms with E-state index in [9.17, 15) is 36.4 Å². The molecule has 0 saturated carbocycles. The number of likely N-dealkylation sites (N-methyl/N-ethyl adjacent to an activating group) is 4. The van der Waals surface area contributed by atoms with E-state index in [0.717, 1.165) is 72.8 Å². The number of aromatic nitrogens is 4. The molecule has 440 valence electrons. The number of hydrogen-bond acceptors (Lipinski definition) is 14. The first-order valence-electron chi connectivity index (χ1n) is 27.1. The smallest absolute Gasteiger partial charge is 0.175 e. The van der Waals surface area contributed by atoms with Crippen LogP contribution in [0.15, 0.2) is 169 Å². The molecule has 4 N–H and O–H groups in total. The Balaban J connectivity index is 0.000000205. The van der Waals surface area contributed by atoms with Crippen molar-refractivity contribution in [2.75, 3.05) is 34.4 Å². The molecule has 0 aliphatic rings. The molecule has 8 aromatic rings. The molecule has 0 amide bonds. The molecule has 8 rings (SSSR count). The van der Waals surface area contributed by atoms with Crippen molar-refractivity contribution in [3.63, 3.8) is 0 Å². The average Bonchev–Trinajstić information content (AvgIpc) is 3.68. The van der Waals surface area contributed by atoms with Crippen molar-refractivity contribution in [2.24, 2.45) is 0 Å². The summed E-state index contributed by atoms with van der Waals surface area (Å²) in [6, 6.07) is 39.7. The van der Waals surface area contributed by atoms with E-state index in [-0.39, 0.29) is 63.8 Å². The summed E-state index contributed by atoms with van der Waals surface area (Å²) in [4.78, 5) is 63.5. The second kappa shape index (κ2) is 32.8. The fourth-order valence-electron chi connectivity index (χ4n) is 8.60. The second-order valence-electron chi connectivity index (χ2n) is 20.1. The van der Waals surface area contributed by atoms with Crippen LogP contribution in [0.3, 0.4) is 0 Å². The third kappa shape index (κ3) is 21.1. The van der Waals surface area contributed by atoms with Gasteiger partial charge in [-0.1, -0.05) is 66.2 Å². The number of Topliss-reactive ketones (excluding diaryl/α,β-unsaturated/α-hetero) is 4. The molecule has 0 unspecified atom stereocenters. The average molecular weight is 1180 g/mol. The lowest BCUT2D eigenvalue weighted by atomic mass is 10.0. The zero-order valence-corrected chi connectivity index (χ0v) is 50.6. The van der Waals surface area contributed by atoms with Crippen LogP contribution >= 0.6 is 11.6 Å². The van der Waals surface area contributed by atoms with E-state index in [1.54, 1.807) is 117 Å². The summed E-state index contributed by atoms with van der Waals surface area (Å²) in [6.07, 6.45) is 10.7. The maximum atomic E-state index is 13.3. The molecule has 0 saturated heterocycles. The second-order valence-corrected chi connectivity index (χ2v) is 22.6. The Labute approximate surface area is 497 Å². The van der Waals surface area contributed by atoms with Crippen molar-refractivity contribution in [3.8, 4) is 45.0 Å². The molecule has 0 aliphatic carbocycles. The molecular weight excluding hydrogens is 1110 g/mol. The quantitative estimate of drug-likeness (QED) is 0.0529. The monoisotopic (exact) mass is 1180 g/mol. The lowest BCUT2D eigenvalue weighted by Gasteiger charge is -2.13. The normalized spacial score (nSPS) is 12.3. The van der Waals surface area contributed by atoms with E-state index in [0.29, 0.717) is 30.7 Å². The zero-order chi connectivity index (χ0) is 61.5. The van der Waals surface area contributed by atoms with Gasteiger partial charge in [0.15, 0.2) is 9.84 Å². The van der Waals surface area contributed by atoms with Gasteiger partial charge in [0.2, 0.25) is 0 Å². The maximum absolute atomic E-state index is 13.3. The highest BCUT2D eigenvalue weighted by Gasteiger charge is 2.17. The van der Waals surface area contributed by atoms with Gasteiger partial charge in [0, 0.05) is 58.3 Å². The number of aryl methyl sites for hydroxylation is 1. The van der Waals surface area contributed by atoms with Crippen molar-refractivity contribution in [1.82, 2.24) is 41.2 Å². The summed E-state index contributed by atoms with van der Waals surface area (Å²) in [6.45, 7) is 8.22. The van der Waals surface area contributed by atoms with Gasteiger partial charge >= 0.3 is 0 Å². The Morgan fingerprint density at radius 2 is 0.798 bits per heavy atom. The number of halogens is 3. The molecule has 0 fully saturated rings. The Morgan fingerprint density at radius 3 is 1.12 bits per heavy atom. The van der Waals surface area contributed by atoms with E-state index in [2.05, 4.69) is 41.2 Å². The van der Waals surface area contributed by atoms with Crippen molar-refractivity contribution >= 4 is 44.6 Å². The van der Waals surface area contributed by atoms with Gasteiger partial charge in [-0.15, -0.1) is 0 Å². The third-order valence-corrected chi connectivity index (χ3v) is 15.1. The summed E-state index contributed by atoms with van der Waals surface area (Å²) < 4.78 is 49.1. The predicted octanol–water partition coefficient (Wildman–Crippen LogP) is 10.5. The van der Waals surface area contributed by atoms with Crippen LogP contribution in [0.5, 0.6) is 0 Å². The van der Waals surface area contributed by atoms with Crippen LogP contribution in [0, 0.1) is 18.6 Å². The largest absolute Gasteiger partial charge is 0.310 e. The lowest BCUT2D eigenvalue weighted by Crippen LogP contribution is -2.34. The zero-order valence-electron chi connectivity index (χ0n) is 49.0. The van der Waals surface area contributed by atoms with Gasteiger partial charge in [-0.25, -0.2) is 17.2 Å². The molecule has 0 bridgehead atoms. The van der Waals surface area contributed by atoms with E-state index in [1.165, 1.54) is 30.5 Å². The summed E-state index contributed by atoms with van der Waals surface area (Å²) >= 11 is 5.97. The molecule has 14 nitrogen and oxygen atoms in total. The Hall–Kier alpha value is -7.90. The van der Waals surface area contributed by atoms with Crippen molar-refractivity contribution in [2.45, 2.75) is 89.4 Å². The van der Waals surface area contributed by atoms with Gasteiger partial charge < -0.3 is 21.3 Å². The van der Waals surface area contributed by atoms with E-state index in [4.69, 9.17) is 11.6 Å². The Kier molecular flexibility index (Phi) is 26.1. The minimum Gasteiger partial charge on any atom is -0.310 e. The van der Waals surface area contributed by atoms with Gasteiger partial charge in [0.1, 0.15) is 34.8 Å². The highest BCUT2D eigenvalue weighted by atomic mass is 35.5. The molecule has 0 spiro atoms. The molecule has 4 atom stereocenters. The number of nitrogens with zero attached hydrogens (tertiary/aromatic N) is 4. The Morgan fingerprint density at radius 1 is 0.452 bits per heavy atom. The molecule has 0 radical (unpaired) electrons. The summed E-state index contributed by atoms with van der Waals surface area (Å²) in [5.41, 5.74) is 11.6. The van der Waals surface area contributed by atoms with Crippen LogP contribution in [0.25, 0.3) is 45.0 Å². The van der Waals surface area contributed by atoms with Crippen molar-refractivity contribution < 1.29 is 36.4 Å². The first kappa shape index (κ1) is 66.9. The fourth-order valence-corrected chi connectivity index (χ4v) is 9.42. The number of hydrogen-bond donors (Lipinski definition) is 4. The lowest BCUT2D eigenvalue weighted by molar-refractivity contribution is -0.119. The van der Waals surface area contributed by atoms with Crippen LogP contribution in [-0.4, -0.2) is 110 Å². The molecule has 0 aliphatic heterocycles. The molecular formula is C66H73ClF2N8O6S. The van der Waals surface area contributed by atoms with Crippen LogP contribution in [0.1, 0.15) is 55.5 Å². The summed E-state index contributed by atoms with van der Waals surface area (Å²) in [7, 11) is 3.90. The van der Waals surface area contributed by atoms with Crippen LogP contribution in [-0.2, 0) is 54.7 Å². The highest BCUT2D eigenvalue weighted by molar-refractivity contribution is 7.90. The number of sulfone groups is 1. The number of ketones is 4. The van der Waals surface area contributed by atoms with E-state index in [1.807, 2.05) is 85.9 Å². The van der Waals surface area contributed by atoms with E-state index < -0.39 is 9.84 Å². The molecule has 4 aromatic heterocycles.